The summed E-state index contributed by atoms with van der Waals surface area (Å²) >= 11 is 0. The van der Waals surface area contributed by atoms with Crippen molar-refractivity contribution in [2.75, 3.05) is 26.4 Å². The minimum absolute atomic E-state index is 0.0595. The summed E-state index contributed by atoms with van der Waals surface area (Å²) in [6.07, 6.45) is -0.0249. The SMILES string of the molecule is CCOC(=O)COc1ccc2c3c(ccc2c1CN)OC1CC3c2c(ccc3c(C(=O)O)c(OCC(=O)OCC)ccc23)O1. The van der Waals surface area contributed by atoms with E-state index in [1.807, 2.05) is 18.2 Å². The van der Waals surface area contributed by atoms with E-state index in [0.29, 0.717) is 34.4 Å². The zero-order chi connectivity index (χ0) is 31.0. The van der Waals surface area contributed by atoms with E-state index in [9.17, 15) is 19.5 Å². The molecular formula is C33H31NO10. The Kier molecular flexibility index (Phi) is 7.88. The summed E-state index contributed by atoms with van der Waals surface area (Å²) in [7, 11) is 0. The summed E-state index contributed by atoms with van der Waals surface area (Å²) < 4.78 is 33.7. The highest BCUT2D eigenvalue weighted by molar-refractivity contribution is 6.08. The Morgan fingerprint density at radius 3 is 1.86 bits per heavy atom. The molecule has 0 saturated carbocycles. The van der Waals surface area contributed by atoms with Crippen LogP contribution >= 0.6 is 0 Å². The van der Waals surface area contributed by atoms with Crippen LogP contribution in [0.1, 0.15) is 53.2 Å². The molecule has 11 nitrogen and oxygen atoms in total. The highest BCUT2D eigenvalue weighted by Crippen LogP contribution is 2.53. The second-order valence-electron chi connectivity index (χ2n) is 10.3. The maximum atomic E-state index is 12.5. The van der Waals surface area contributed by atoms with Gasteiger partial charge in [0.25, 0.3) is 0 Å². The van der Waals surface area contributed by atoms with Crippen LogP contribution in [0.25, 0.3) is 21.5 Å². The number of esters is 2. The Morgan fingerprint density at radius 2 is 1.30 bits per heavy atom. The number of carboxylic acids is 1. The van der Waals surface area contributed by atoms with Crippen LogP contribution in [0.3, 0.4) is 0 Å². The van der Waals surface area contributed by atoms with E-state index in [2.05, 4.69) is 0 Å². The van der Waals surface area contributed by atoms with Gasteiger partial charge in [0.15, 0.2) is 13.2 Å². The van der Waals surface area contributed by atoms with E-state index in [1.165, 1.54) is 0 Å². The number of carboxylic acid groups (broad SMARTS) is 1. The lowest BCUT2D eigenvalue weighted by Crippen LogP contribution is -2.35. The van der Waals surface area contributed by atoms with Gasteiger partial charge in [0.1, 0.15) is 28.6 Å². The molecule has 0 radical (unpaired) electrons. The first kappa shape index (κ1) is 29.1. The predicted octanol–water partition coefficient (Wildman–Crippen LogP) is 4.67. The quantitative estimate of drug-likeness (QED) is 0.244. The molecule has 0 aromatic heterocycles. The van der Waals surface area contributed by atoms with Crippen LogP contribution in [0.15, 0.2) is 48.5 Å². The standard InChI is InChI=1S/C33H31NO10/c1-3-39-27(35)15-41-23-9-6-18-17(22(23)14-34)5-11-25-30(18)21-13-29(43-25)44-26-12-8-20-19(31(21)26)7-10-24(32(20)33(37)38)42-16-28(36)40-4-2/h5-12,21,29H,3-4,13-16,34H2,1-2H3,(H,37,38). The second-order valence-corrected chi connectivity index (χ2v) is 10.3. The van der Waals surface area contributed by atoms with Gasteiger partial charge in [0.05, 0.1) is 13.2 Å². The molecule has 2 heterocycles. The smallest absolute Gasteiger partial charge is 0.344 e. The van der Waals surface area contributed by atoms with Crippen LogP contribution in [-0.4, -0.2) is 55.7 Å². The number of carbonyl (C=O) groups excluding carboxylic acids is 2. The fraction of sp³-hybridized carbons (Fsp3) is 0.303. The zero-order valence-electron chi connectivity index (χ0n) is 24.2. The molecular weight excluding hydrogens is 570 g/mol. The zero-order valence-corrected chi connectivity index (χ0v) is 24.2. The number of benzene rings is 4. The van der Waals surface area contributed by atoms with Gasteiger partial charge < -0.3 is 39.3 Å². The molecule has 0 fully saturated rings. The minimum Gasteiger partial charge on any atom is -0.482 e. The van der Waals surface area contributed by atoms with Gasteiger partial charge in [-0.2, -0.15) is 0 Å². The average Bonchev–Trinajstić information content (AvgIpc) is 3.01. The van der Waals surface area contributed by atoms with Gasteiger partial charge in [0.2, 0.25) is 6.29 Å². The fourth-order valence-corrected chi connectivity index (χ4v) is 6.11. The molecule has 0 saturated heterocycles. The Hall–Kier alpha value is -5.03. The molecule has 0 aliphatic carbocycles. The van der Waals surface area contributed by atoms with Gasteiger partial charge in [-0.25, -0.2) is 14.4 Å². The highest BCUT2D eigenvalue weighted by Gasteiger charge is 2.39. The molecule has 6 rings (SSSR count). The third-order valence-corrected chi connectivity index (χ3v) is 7.80. The van der Waals surface area contributed by atoms with E-state index in [0.717, 1.165) is 27.5 Å². The van der Waals surface area contributed by atoms with Crippen LogP contribution in [0.4, 0.5) is 0 Å². The van der Waals surface area contributed by atoms with Gasteiger partial charge >= 0.3 is 17.9 Å². The van der Waals surface area contributed by atoms with Crippen molar-refractivity contribution in [3.05, 3.63) is 70.8 Å². The third-order valence-electron chi connectivity index (χ3n) is 7.80. The van der Waals surface area contributed by atoms with Crippen LogP contribution in [0.5, 0.6) is 23.0 Å². The van der Waals surface area contributed by atoms with Crippen LogP contribution in [0.2, 0.25) is 0 Å². The lowest BCUT2D eigenvalue weighted by molar-refractivity contribution is -0.146. The van der Waals surface area contributed by atoms with Gasteiger partial charge in [0, 0.05) is 41.0 Å². The first-order chi connectivity index (χ1) is 21.3. The van der Waals surface area contributed by atoms with E-state index in [1.54, 1.807) is 44.2 Å². The molecule has 2 aliphatic rings. The van der Waals surface area contributed by atoms with E-state index in [4.69, 9.17) is 34.2 Å². The molecule has 3 N–H and O–H groups in total. The van der Waals surface area contributed by atoms with Crippen molar-refractivity contribution in [1.29, 1.82) is 0 Å². The van der Waals surface area contributed by atoms with Crippen LogP contribution < -0.4 is 24.7 Å². The van der Waals surface area contributed by atoms with Crippen molar-refractivity contribution in [1.82, 2.24) is 0 Å². The molecule has 228 valence electrons. The van der Waals surface area contributed by atoms with Crippen LogP contribution in [0, 0.1) is 0 Å². The van der Waals surface area contributed by atoms with Gasteiger partial charge in [-0.15, -0.1) is 0 Å². The molecule has 0 amide bonds. The predicted molar refractivity (Wildman–Crippen MR) is 159 cm³/mol. The number of hydrogen-bond acceptors (Lipinski definition) is 10. The first-order valence-electron chi connectivity index (χ1n) is 14.4. The summed E-state index contributed by atoms with van der Waals surface area (Å²) in [5.41, 5.74) is 8.60. The normalized spacial score (nSPS) is 16.2. The van der Waals surface area contributed by atoms with Crippen molar-refractivity contribution >= 4 is 39.5 Å². The van der Waals surface area contributed by atoms with Crippen molar-refractivity contribution in [2.45, 2.75) is 39.0 Å². The Bertz CT molecular complexity index is 1800. The maximum absolute atomic E-state index is 12.5. The molecule has 2 unspecified atom stereocenters. The molecule has 44 heavy (non-hydrogen) atoms. The molecule has 2 aliphatic heterocycles. The second kappa shape index (κ2) is 11.9. The summed E-state index contributed by atoms with van der Waals surface area (Å²) in [6.45, 7) is 3.38. The number of fused-ring (bicyclic) bond motifs is 10. The number of aromatic carboxylic acids is 1. The summed E-state index contributed by atoms with van der Waals surface area (Å²) in [5.74, 6) is -0.666. The number of hydrogen-bond donors (Lipinski definition) is 2. The topological polar surface area (TPSA) is 153 Å². The van der Waals surface area contributed by atoms with Gasteiger partial charge in [-0.3, -0.25) is 0 Å². The highest BCUT2D eigenvalue weighted by atomic mass is 16.7. The van der Waals surface area contributed by atoms with E-state index in [-0.39, 0.29) is 43.6 Å². The molecule has 11 heteroatoms. The average molecular weight is 602 g/mol. The fourth-order valence-electron chi connectivity index (χ4n) is 6.11. The number of rotatable bonds is 10. The van der Waals surface area contributed by atoms with Gasteiger partial charge in [-0.05, 0) is 60.3 Å². The van der Waals surface area contributed by atoms with Crippen molar-refractivity contribution in [3.63, 3.8) is 0 Å². The van der Waals surface area contributed by atoms with Crippen molar-refractivity contribution < 1.29 is 47.9 Å². The summed E-state index contributed by atoms with van der Waals surface area (Å²) in [5, 5.41) is 13.1. The van der Waals surface area contributed by atoms with E-state index >= 15 is 0 Å². The molecule has 0 spiro atoms. The Labute approximate surface area is 252 Å². The Balaban J connectivity index is 1.47. The third kappa shape index (κ3) is 5.09. The molecule has 2 atom stereocenters. The molecule has 4 aromatic carbocycles. The summed E-state index contributed by atoms with van der Waals surface area (Å²) in [4.78, 5) is 36.3. The van der Waals surface area contributed by atoms with Gasteiger partial charge in [-0.1, -0.05) is 18.2 Å². The Morgan fingerprint density at radius 1 is 0.773 bits per heavy atom. The molecule has 2 bridgehead atoms. The number of ether oxygens (including phenoxy) is 6. The van der Waals surface area contributed by atoms with E-state index < -0.39 is 30.8 Å². The number of nitrogens with two attached hydrogens (primary N) is 1. The number of carbonyl (C=O) groups is 3. The minimum atomic E-state index is -1.19. The lowest BCUT2D eigenvalue weighted by atomic mass is 9.78. The largest absolute Gasteiger partial charge is 0.482 e. The first-order valence-corrected chi connectivity index (χ1v) is 14.4. The van der Waals surface area contributed by atoms with Crippen LogP contribution in [-0.2, 0) is 25.6 Å². The van der Waals surface area contributed by atoms with Crippen molar-refractivity contribution in [2.24, 2.45) is 5.73 Å². The molecule has 4 aromatic rings. The lowest BCUT2D eigenvalue weighted by Gasteiger charge is -2.39. The maximum Gasteiger partial charge on any atom is 0.344 e. The monoisotopic (exact) mass is 601 g/mol. The van der Waals surface area contributed by atoms with Crippen molar-refractivity contribution in [3.8, 4) is 23.0 Å². The summed E-state index contributed by atoms with van der Waals surface area (Å²) in [6, 6.07) is 14.3.